The summed E-state index contributed by atoms with van der Waals surface area (Å²) < 4.78 is 6.42. The number of nitrogens with zero attached hydrogens (tertiary/aromatic N) is 2. The highest BCUT2D eigenvalue weighted by molar-refractivity contribution is 5.72. The number of hydrogen-bond acceptors (Lipinski definition) is 3. The molecule has 0 bridgehead atoms. The summed E-state index contributed by atoms with van der Waals surface area (Å²) in [5.74, 6) is -0.246. The number of hydrogen-bond donors (Lipinski definition) is 0. The van der Waals surface area contributed by atoms with Crippen molar-refractivity contribution in [3.8, 4) is 0 Å². The van der Waals surface area contributed by atoms with Crippen molar-refractivity contribution < 1.29 is 9.53 Å². The maximum absolute atomic E-state index is 11.1. The highest BCUT2D eigenvalue weighted by Crippen LogP contribution is 2.04. The van der Waals surface area contributed by atoms with Gasteiger partial charge in [0.15, 0.2) is 0 Å². The van der Waals surface area contributed by atoms with E-state index in [4.69, 9.17) is 0 Å². The van der Waals surface area contributed by atoms with Gasteiger partial charge in [-0.2, -0.15) is 5.10 Å². The van der Waals surface area contributed by atoms with E-state index in [1.54, 1.807) is 6.20 Å². The number of methoxy groups -OCH3 is 1. The van der Waals surface area contributed by atoms with E-state index in [0.29, 0.717) is 6.54 Å². The third-order valence-electron chi connectivity index (χ3n) is 2.45. The molecule has 4 heteroatoms. The van der Waals surface area contributed by atoms with Crippen LogP contribution in [0.25, 0.3) is 0 Å². The monoisotopic (exact) mass is 230 g/mol. The number of rotatable bonds is 4. The van der Waals surface area contributed by atoms with E-state index < -0.39 is 0 Å². The molecule has 1 aromatic heterocycles. The lowest BCUT2D eigenvalue weighted by Gasteiger charge is -2.00. The minimum atomic E-state index is -0.246. The average Bonchev–Trinajstić information content (AvgIpc) is 2.77. The molecule has 0 radical (unpaired) electrons. The minimum Gasteiger partial charge on any atom is -0.469 e. The van der Waals surface area contributed by atoms with Crippen LogP contribution >= 0.6 is 0 Å². The first-order valence-electron chi connectivity index (χ1n) is 5.40. The molecule has 2 rings (SSSR count). The van der Waals surface area contributed by atoms with Gasteiger partial charge in [0.25, 0.3) is 0 Å². The molecule has 1 aromatic carbocycles. The minimum absolute atomic E-state index is 0.246. The molecule has 0 aliphatic rings. The van der Waals surface area contributed by atoms with Crippen LogP contribution < -0.4 is 0 Å². The lowest BCUT2D eigenvalue weighted by molar-refractivity contribution is -0.139. The Morgan fingerprint density at radius 2 is 2.06 bits per heavy atom. The SMILES string of the molecule is COC(=O)Cc1cnn(Cc2ccccc2)c1. The molecule has 0 amide bonds. The first-order valence-corrected chi connectivity index (χ1v) is 5.40. The molecule has 0 fully saturated rings. The summed E-state index contributed by atoms with van der Waals surface area (Å²) in [6.07, 6.45) is 3.83. The topological polar surface area (TPSA) is 44.1 Å². The van der Waals surface area contributed by atoms with E-state index in [-0.39, 0.29) is 12.4 Å². The van der Waals surface area contributed by atoms with Gasteiger partial charge in [0.05, 0.1) is 26.3 Å². The van der Waals surface area contributed by atoms with E-state index in [1.807, 2.05) is 41.2 Å². The Balaban J connectivity index is 2.01. The first-order chi connectivity index (χ1) is 8.28. The Morgan fingerprint density at radius 1 is 1.29 bits per heavy atom. The van der Waals surface area contributed by atoms with Crippen molar-refractivity contribution in [3.05, 3.63) is 53.9 Å². The van der Waals surface area contributed by atoms with Gasteiger partial charge in [-0.15, -0.1) is 0 Å². The molecule has 0 N–H and O–H groups in total. The second-order valence-electron chi connectivity index (χ2n) is 3.78. The lowest BCUT2D eigenvalue weighted by Crippen LogP contribution is -2.04. The fourth-order valence-electron chi connectivity index (χ4n) is 1.59. The summed E-state index contributed by atoms with van der Waals surface area (Å²) in [7, 11) is 1.39. The number of aromatic nitrogens is 2. The molecule has 0 saturated heterocycles. The van der Waals surface area contributed by atoms with Gasteiger partial charge in [-0.05, 0) is 5.56 Å². The van der Waals surface area contributed by atoms with Crippen LogP contribution in [0.1, 0.15) is 11.1 Å². The van der Waals surface area contributed by atoms with Crippen molar-refractivity contribution in [3.63, 3.8) is 0 Å². The van der Waals surface area contributed by atoms with Gasteiger partial charge in [0.2, 0.25) is 0 Å². The molecule has 2 aromatic rings. The van der Waals surface area contributed by atoms with Crippen LogP contribution in [0.3, 0.4) is 0 Å². The van der Waals surface area contributed by atoms with Crippen molar-refractivity contribution in [2.24, 2.45) is 0 Å². The van der Waals surface area contributed by atoms with Gasteiger partial charge in [0, 0.05) is 11.8 Å². The van der Waals surface area contributed by atoms with Crippen molar-refractivity contribution >= 4 is 5.97 Å². The summed E-state index contributed by atoms with van der Waals surface area (Å²) in [5, 5.41) is 4.21. The number of esters is 1. The Hall–Kier alpha value is -2.10. The molecule has 17 heavy (non-hydrogen) atoms. The fourth-order valence-corrected chi connectivity index (χ4v) is 1.59. The molecule has 88 valence electrons. The molecule has 0 spiro atoms. The highest BCUT2D eigenvalue weighted by atomic mass is 16.5. The number of carbonyl (C=O) groups is 1. The van der Waals surface area contributed by atoms with Crippen LogP contribution in [-0.2, 0) is 22.5 Å². The van der Waals surface area contributed by atoms with Crippen molar-refractivity contribution in [1.82, 2.24) is 9.78 Å². The van der Waals surface area contributed by atoms with E-state index in [0.717, 1.165) is 5.56 Å². The van der Waals surface area contributed by atoms with E-state index >= 15 is 0 Å². The molecular weight excluding hydrogens is 216 g/mol. The lowest BCUT2D eigenvalue weighted by atomic mass is 10.2. The number of carbonyl (C=O) groups excluding carboxylic acids is 1. The first kappa shape index (κ1) is 11.4. The third-order valence-corrected chi connectivity index (χ3v) is 2.45. The van der Waals surface area contributed by atoms with Gasteiger partial charge < -0.3 is 4.74 Å². The average molecular weight is 230 g/mol. The van der Waals surface area contributed by atoms with Gasteiger partial charge >= 0.3 is 5.97 Å². The van der Waals surface area contributed by atoms with E-state index in [9.17, 15) is 4.79 Å². The molecule has 4 nitrogen and oxygen atoms in total. The Bertz CT molecular complexity index is 491. The van der Waals surface area contributed by atoms with Crippen molar-refractivity contribution in [1.29, 1.82) is 0 Å². The quantitative estimate of drug-likeness (QED) is 0.750. The highest BCUT2D eigenvalue weighted by Gasteiger charge is 2.05. The summed E-state index contributed by atoms with van der Waals surface area (Å²) in [6, 6.07) is 10.1. The molecule has 0 aliphatic carbocycles. The Labute approximate surface area is 99.8 Å². The second-order valence-corrected chi connectivity index (χ2v) is 3.78. The summed E-state index contributed by atoms with van der Waals surface area (Å²) in [6.45, 7) is 0.710. The van der Waals surface area contributed by atoms with Crippen molar-refractivity contribution in [2.45, 2.75) is 13.0 Å². The normalized spacial score (nSPS) is 10.2. The zero-order valence-corrected chi connectivity index (χ0v) is 9.67. The molecular formula is C13H14N2O2. The van der Waals surface area contributed by atoms with E-state index in [1.165, 1.54) is 12.7 Å². The summed E-state index contributed by atoms with van der Waals surface area (Å²) in [4.78, 5) is 11.1. The fraction of sp³-hybridized carbons (Fsp3) is 0.231. The molecule has 0 atom stereocenters. The number of benzene rings is 1. The van der Waals surface area contributed by atoms with E-state index in [2.05, 4.69) is 9.84 Å². The smallest absolute Gasteiger partial charge is 0.310 e. The second kappa shape index (κ2) is 5.30. The van der Waals surface area contributed by atoms with Crippen LogP contribution in [0.4, 0.5) is 0 Å². The molecule has 0 aliphatic heterocycles. The van der Waals surface area contributed by atoms with Crippen LogP contribution in [0.5, 0.6) is 0 Å². The summed E-state index contributed by atoms with van der Waals surface area (Å²) >= 11 is 0. The zero-order chi connectivity index (χ0) is 12.1. The molecule has 0 saturated carbocycles. The summed E-state index contributed by atoms with van der Waals surface area (Å²) in [5.41, 5.74) is 2.05. The van der Waals surface area contributed by atoms with Crippen LogP contribution in [0, 0.1) is 0 Å². The van der Waals surface area contributed by atoms with Crippen LogP contribution in [0.2, 0.25) is 0 Å². The molecule has 0 unspecified atom stereocenters. The maximum atomic E-state index is 11.1. The van der Waals surface area contributed by atoms with Gasteiger partial charge in [-0.3, -0.25) is 9.48 Å². The largest absolute Gasteiger partial charge is 0.469 e. The predicted molar refractivity (Wildman–Crippen MR) is 63.5 cm³/mol. The molecule has 1 heterocycles. The van der Waals surface area contributed by atoms with Crippen molar-refractivity contribution in [2.75, 3.05) is 7.11 Å². The van der Waals surface area contributed by atoms with Crippen LogP contribution in [0.15, 0.2) is 42.7 Å². The Morgan fingerprint density at radius 3 is 2.76 bits per heavy atom. The predicted octanol–water partition coefficient (Wildman–Crippen LogP) is 1.65. The maximum Gasteiger partial charge on any atom is 0.310 e. The van der Waals surface area contributed by atoms with Gasteiger partial charge in [0.1, 0.15) is 0 Å². The van der Waals surface area contributed by atoms with Gasteiger partial charge in [-0.1, -0.05) is 30.3 Å². The van der Waals surface area contributed by atoms with Crippen LogP contribution in [-0.4, -0.2) is 22.9 Å². The zero-order valence-electron chi connectivity index (χ0n) is 9.67. The third kappa shape index (κ3) is 3.17. The van der Waals surface area contributed by atoms with Gasteiger partial charge in [-0.25, -0.2) is 0 Å². The standard InChI is InChI=1S/C13H14N2O2/c1-17-13(16)7-12-8-14-15(10-12)9-11-5-3-2-4-6-11/h2-6,8,10H,7,9H2,1H3. The Kier molecular flexibility index (Phi) is 3.55. The number of ether oxygens (including phenoxy) is 1.